The van der Waals surface area contributed by atoms with Crippen LogP contribution in [0.1, 0.15) is 42.8 Å². The second-order valence-corrected chi connectivity index (χ2v) is 9.60. The summed E-state index contributed by atoms with van der Waals surface area (Å²) in [6.07, 6.45) is 4.77. The summed E-state index contributed by atoms with van der Waals surface area (Å²) in [5.74, 6) is 1.08. The van der Waals surface area contributed by atoms with Crippen molar-refractivity contribution in [2.24, 2.45) is 5.92 Å². The van der Waals surface area contributed by atoms with Gasteiger partial charge in [-0.3, -0.25) is 9.59 Å². The Morgan fingerprint density at radius 3 is 2.55 bits per heavy atom. The highest BCUT2D eigenvalue weighted by atomic mass is 32.1. The number of para-hydroxylation sites is 1. The highest BCUT2D eigenvalue weighted by Crippen LogP contribution is 2.27. The molecule has 1 aromatic heterocycles. The molecule has 0 radical (unpaired) electrons. The summed E-state index contributed by atoms with van der Waals surface area (Å²) in [7, 11) is 0. The molecule has 3 heterocycles. The number of hydrogen-bond donors (Lipinski definition) is 0. The zero-order valence-electron chi connectivity index (χ0n) is 18.2. The standard InChI is InChI=1S/C24H31N3O3S/c1-18-25-20(17-31-18)15-24(29)27-13-10-22(30-21-8-4-2-5-9-21)19(16-27)14-23(28)26-11-6-3-7-12-26/h2,4-5,8-9,17,19,22H,3,6-7,10-16H2,1H3/t19-,22-/m0/s1. The maximum Gasteiger partial charge on any atom is 0.228 e. The van der Waals surface area contributed by atoms with Crippen molar-refractivity contribution in [2.75, 3.05) is 26.2 Å². The van der Waals surface area contributed by atoms with E-state index in [1.807, 2.05) is 52.4 Å². The lowest BCUT2D eigenvalue weighted by Gasteiger charge is -2.39. The van der Waals surface area contributed by atoms with E-state index in [-0.39, 0.29) is 23.8 Å². The van der Waals surface area contributed by atoms with Crippen molar-refractivity contribution in [3.63, 3.8) is 0 Å². The number of hydrogen-bond acceptors (Lipinski definition) is 5. The van der Waals surface area contributed by atoms with Crippen LogP contribution >= 0.6 is 11.3 Å². The average molecular weight is 442 g/mol. The minimum Gasteiger partial charge on any atom is -0.490 e. The number of rotatable bonds is 6. The monoisotopic (exact) mass is 441 g/mol. The van der Waals surface area contributed by atoms with E-state index in [1.54, 1.807) is 11.3 Å². The summed E-state index contributed by atoms with van der Waals surface area (Å²) < 4.78 is 6.29. The van der Waals surface area contributed by atoms with Crippen LogP contribution in [0.2, 0.25) is 0 Å². The molecule has 2 aliphatic rings. The summed E-state index contributed by atoms with van der Waals surface area (Å²) in [6, 6.07) is 9.78. The van der Waals surface area contributed by atoms with Crippen LogP contribution in [0.3, 0.4) is 0 Å². The van der Waals surface area contributed by atoms with E-state index in [0.29, 0.717) is 25.9 Å². The number of ether oxygens (including phenoxy) is 1. The summed E-state index contributed by atoms with van der Waals surface area (Å²) in [5.41, 5.74) is 0.830. The number of carbonyl (C=O) groups excluding carboxylic acids is 2. The molecule has 2 saturated heterocycles. The molecule has 2 fully saturated rings. The van der Waals surface area contributed by atoms with Crippen molar-refractivity contribution in [2.45, 2.75) is 51.6 Å². The maximum atomic E-state index is 13.0. The number of aryl methyl sites for hydroxylation is 1. The summed E-state index contributed by atoms with van der Waals surface area (Å²) in [4.78, 5) is 34.2. The molecule has 2 aromatic rings. The Morgan fingerprint density at radius 1 is 1.06 bits per heavy atom. The molecule has 0 aliphatic carbocycles. The van der Waals surface area contributed by atoms with E-state index in [1.165, 1.54) is 6.42 Å². The highest BCUT2D eigenvalue weighted by molar-refractivity contribution is 7.09. The van der Waals surface area contributed by atoms with Gasteiger partial charge in [0, 0.05) is 50.3 Å². The zero-order chi connectivity index (χ0) is 21.6. The van der Waals surface area contributed by atoms with Gasteiger partial charge in [0.2, 0.25) is 11.8 Å². The lowest BCUT2D eigenvalue weighted by Crippen LogP contribution is -2.50. The minimum atomic E-state index is -0.0679. The lowest BCUT2D eigenvalue weighted by molar-refractivity contribution is -0.139. The van der Waals surface area contributed by atoms with E-state index < -0.39 is 0 Å². The number of aromatic nitrogens is 1. The number of carbonyl (C=O) groups is 2. The van der Waals surface area contributed by atoms with Gasteiger partial charge >= 0.3 is 0 Å². The van der Waals surface area contributed by atoms with Gasteiger partial charge in [0.05, 0.1) is 17.1 Å². The number of amides is 2. The van der Waals surface area contributed by atoms with Gasteiger partial charge in [0.1, 0.15) is 11.9 Å². The molecular formula is C24H31N3O3S. The molecule has 1 aromatic carbocycles. The molecule has 2 aliphatic heterocycles. The number of likely N-dealkylation sites (tertiary alicyclic amines) is 2. The van der Waals surface area contributed by atoms with Crippen LogP contribution in [0.25, 0.3) is 0 Å². The first kappa shape index (κ1) is 21.8. The quantitative estimate of drug-likeness (QED) is 0.686. The van der Waals surface area contributed by atoms with Crippen LogP contribution in [-0.4, -0.2) is 58.9 Å². The van der Waals surface area contributed by atoms with Gasteiger partial charge in [-0.15, -0.1) is 11.3 Å². The third-order valence-electron chi connectivity index (χ3n) is 6.19. The Labute approximate surface area is 188 Å². The Kier molecular flexibility index (Phi) is 7.22. The smallest absolute Gasteiger partial charge is 0.228 e. The van der Waals surface area contributed by atoms with E-state index in [9.17, 15) is 9.59 Å². The van der Waals surface area contributed by atoms with Crippen molar-refractivity contribution >= 4 is 23.2 Å². The van der Waals surface area contributed by atoms with E-state index in [0.717, 1.165) is 48.8 Å². The van der Waals surface area contributed by atoms with Crippen LogP contribution in [0.15, 0.2) is 35.7 Å². The third-order valence-corrected chi connectivity index (χ3v) is 7.01. The maximum absolute atomic E-state index is 13.0. The van der Waals surface area contributed by atoms with Crippen molar-refractivity contribution in [1.29, 1.82) is 0 Å². The first-order chi connectivity index (χ1) is 15.1. The van der Waals surface area contributed by atoms with Crippen LogP contribution in [0.5, 0.6) is 5.75 Å². The molecular weight excluding hydrogens is 410 g/mol. The molecule has 2 atom stereocenters. The van der Waals surface area contributed by atoms with Crippen molar-refractivity contribution < 1.29 is 14.3 Å². The summed E-state index contributed by atoms with van der Waals surface area (Å²) >= 11 is 1.57. The fraction of sp³-hybridized carbons (Fsp3) is 0.542. The van der Waals surface area contributed by atoms with Crippen LogP contribution in [0.4, 0.5) is 0 Å². The van der Waals surface area contributed by atoms with Gasteiger partial charge in [-0.25, -0.2) is 4.98 Å². The third kappa shape index (κ3) is 5.85. The predicted octanol–water partition coefficient (Wildman–Crippen LogP) is 3.69. The normalized spacial score (nSPS) is 21.7. The fourth-order valence-corrected chi connectivity index (χ4v) is 5.13. The Bertz CT molecular complexity index is 879. The first-order valence-corrected chi connectivity index (χ1v) is 12.1. The summed E-state index contributed by atoms with van der Waals surface area (Å²) in [6.45, 7) is 4.85. The van der Waals surface area contributed by atoms with Crippen LogP contribution in [-0.2, 0) is 16.0 Å². The van der Waals surface area contributed by atoms with E-state index >= 15 is 0 Å². The molecule has 0 bridgehead atoms. The molecule has 166 valence electrons. The molecule has 0 spiro atoms. The van der Waals surface area contributed by atoms with Gasteiger partial charge in [-0.05, 0) is 38.3 Å². The van der Waals surface area contributed by atoms with Gasteiger partial charge in [0.15, 0.2) is 0 Å². The largest absolute Gasteiger partial charge is 0.490 e. The second kappa shape index (κ2) is 10.3. The van der Waals surface area contributed by atoms with Gasteiger partial charge in [0.25, 0.3) is 0 Å². The SMILES string of the molecule is Cc1nc(CC(=O)N2CC[C@H](Oc3ccccc3)[C@@H](CC(=O)N3CCCCC3)C2)cs1. The zero-order valence-corrected chi connectivity index (χ0v) is 19.0. The molecule has 6 nitrogen and oxygen atoms in total. The Morgan fingerprint density at radius 2 is 1.84 bits per heavy atom. The number of piperidine rings is 2. The highest BCUT2D eigenvalue weighted by Gasteiger charge is 2.35. The first-order valence-electron chi connectivity index (χ1n) is 11.3. The van der Waals surface area contributed by atoms with Crippen LogP contribution in [0, 0.1) is 12.8 Å². The minimum absolute atomic E-state index is 0.00972. The summed E-state index contributed by atoms with van der Waals surface area (Å²) in [5, 5.41) is 2.93. The average Bonchev–Trinajstić information content (AvgIpc) is 3.20. The lowest BCUT2D eigenvalue weighted by atomic mass is 9.90. The van der Waals surface area contributed by atoms with Crippen molar-refractivity contribution in [3.05, 3.63) is 46.4 Å². The molecule has 2 amide bonds. The van der Waals surface area contributed by atoms with E-state index in [4.69, 9.17) is 4.74 Å². The molecule has 31 heavy (non-hydrogen) atoms. The number of thiazole rings is 1. The van der Waals surface area contributed by atoms with Crippen molar-refractivity contribution in [3.8, 4) is 5.75 Å². The fourth-order valence-electron chi connectivity index (χ4n) is 4.52. The topological polar surface area (TPSA) is 62.7 Å². The molecule has 4 rings (SSSR count). The van der Waals surface area contributed by atoms with Gasteiger partial charge in [-0.2, -0.15) is 0 Å². The van der Waals surface area contributed by atoms with Crippen molar-refractivity contribution in [1.82, 2.24) is 14.8 Å². The molecule has 0 saturated carbocycles. The molecule has 0 unspecified atom stereocenters. The van der Waals surface area contributed by atoms with Gasteiger partial charge < -0.3 is 14.5 Å². The Balaban J connectivity index is 1.43. The van der Waals surface area contributed by atoms with Crippen LogP contribution < -0.4 is 4.74 Å². The van der Waals surface area contributed by atoms with Gasteiger partial charge in [-0.1, -0.05) is 18.2 Å². The Hall–Kier alpha value is -2.41. The predicted molar refractivity (Wildman–Crippen MR) is 121 cm³/mol. The van der Waals surface area contributed by atoms with E-state index in [2.05, 4.69) is 4.98 Å². The second-order valence-electron chi connectivity index (χ2n) is 8.54. The molecule has 7 heteroatoms. The molecule has 0 N–H and O–H groups in total. The number of nitrogens with zero attached hydrogens (tertiary/aromatic N) is 3. The number of benzene rings is 1.